The summed E-state index contributed by atoms with van der Waals surface area (Å²) in [5.41, 5.74) is 2.37. The Bertz CT molecular complexity index is 688. The molecule has 18 heavy (non-hydrogen) atoms. The number of fused-ring (bicyclic) bond motifs is 1. The minimum atomic E-state index is -0.213. The number of hydrogen-bond donors (Lipinski definition) is 1. The molecule has 4 heteroatoms. The standard InChI is InChI=1S/C14H11N3O/c18-14(16-11-6-2-1-3-7-11)17-10-15-12-8-4-5-9-13(12)17/h1-10H,(H,16,18). The predicted octanol–water partition coefficient (Wildman–Crippen LogP) is 3.12. The first-order valence-corrected chi connectivity index (χ1v) is 5.63. The van der Waals surface area contributed by atoms with E-state index in [0.29, 0.717) is 0 Å². The maximum atomic E-state index is 12.1. The molecular weight excluding hydrogens is 226 g/mol. The van der Waals surface area contributed by atoms with Gasteiger partial charge in [-0.2, -0.15) is 0 Å². The van der Waals surface area contributed by atoms with Gasteiger partial charge in [-0.05, 0) is 24.3 Å². The van der Waals surface area contributed by atoms with Crippen LogP contribution in [0.25, 0.3) is 11.0 Å². The van der Waals surface area contributed by atoms with Crippen LogP contribution >= 0.6 is 0 Å². The predicted molar refractivity (Wildman–Crippen MR) is 70.6 cm³/mol. The van der Waals surface area contributed by atoms with E-state index in [1.54, 1.807) is 0 Å². The van der Waals surface area contributed by atoms with Gasteiger partial charge in [0.2, 0.25) is 0 Å². The fraction of sp³-hybridized carbons (Fsp3) is 0. The number of anilines is 1. The number of imidazole rings is 1. The number of benzene rings is 2. The summed E-state index contributed by atoms with van der Waals surface area (Å²) >= 11 is 0. The second-order valence-corrected chi connectivity index (χ2v) is 3.90. The van der Waals surface area contributed by atoms with Gasteiger partial charge < -0.3 is 5.32 Å². The van der Waals surface area contributed by atoms with Gasteiger partial charge in [-0.3, -0.25) is 4.57 Å². The molecule has 3 aromatic rings. The van der Waals surface area contributed by atoms with Crippen LogP contribution in [0.2, 0.25) is 0 Å². The Morgan fingerprint density at radius 2 is 1.72 bits per heavy atom. The van der Waals surface area contributed by atoms with Crippen LogP contribution in [0.1, 0.15) is 0 Å². The van der Waals surface area contributed by atoms with Crippen molar-refractivity contribution < 1.29 is 4.79 Å². The summed E-state index contributed by atoms with van der Waals surface area (Å²) < 4.78 is 1.50. The largest absolute Gasteiger partial charge is 0.331 e. The molecule has 1 amide bonds. The van der Waals surface area contributed by atoms with E-state index in [1.807, 2.05) is 54.6 Å². The van der Waals surface area contributed by atoms with Crippen molar-refractivity contribution in [3.63, 3.8) is 0 Å². The zero-order valence-corrected chi connectivity index (χ0v) is 9.58. The molecule has 1 N–H and O–H groups in total. The lowest BCUT2D eigenvalue weighted by Gasteiger charge is -2.05. The molecule has 0 saturated heterocycles. The Hall–Kier alpha value is -2.62. The van der Waals surface area contributed by atoms with Gasteiger partial charge in [0.05, 0.1) is 11.0 Å². The molecule has 0 aliphatic heterocycles. The van der Waals surface area contributed by atoms with E-state index < -0.39 is 0 Å². The van der Waals surface area contributed by atoms with Crippen LogP contribution in [0.3, 0.4) is 0 Å². The molecule has 3 rings (SSSR count). The maximum absolute atomic E-state index is 12.1. The van der Waals surface area contributed by atoms with Crippen molar-refractivity contribution in [2.24, 2.45) is 0 Å². The third-order valence-corrected chi connectivity index (χ3v) is 2.70. The monoisotopic (exact) mass is 237 g/mol. The van der Waals surface area contributed by atoms with E-state index in [2.05, 4.69) is 10.3 Å². The Morgan fingerprint density at radius 1 is 1.00 bits per heavy atom. The summed E-state index contributed by atoms with van der Waals surface area (Å²) in [7, 11) is 0. The number of amides is 1. The van der Waals surface area contributed by atoms with Gasteiger partial charge in [-0.25, -0.2) is 9.78 Å². The van der Waals surface area contributed by atoms with Gasteiger partial charge in [0.25, 0.3) is 0 Å². The minimum absolute atomic E-state index is 0.213. The topological polar surface area (TPSA) is 46.9 Å². The zero-order chi connectivity index (χ0) is 12.4. The van der Waals surface area contributed by atoms with E-state index in [-0.39, 0.29) is 6.03 Å². The van der Waals surface area contributed by atoms with Gasteiger partial charge in [0.1, 0.15) is 6.33 Å². The van der Waals surface area contributed by atoms with Crippen molar-refractivity contribution in [3.8, 4) is 0 Å². The van der Waals surface area contributed by atoms with Gasteiger partial charge in [-0.15, -0.1) is 0 Å². The molecule has 0 unspecified atom stereocenters. The number of hydrogen-bond acceptors (Lipinski definition) is 2. The third kappa shape index (κ3) is 1.84. The van der Waals surface area contributed by atoms with Crippen LogP contribution in [-0.4, -0.2) is 15.6 Å². The van der Waals surface area contributed by atoms with Crippen LogP contribution in [0.4, 0.5) is 10.5 Å². The molecule has 0 spiro atoms. The first kappa shape index (κ1) is 10.5. The van der Waals surface area contributed by atoms with Crippen molar-refractivity contribution >= 4 is 22.8 Å². The lowest BCUT2D eigenvalue weighted by molar-refractivity contribution is 0.254. The van der Waals surface area contributed by atoms with E-state index in [9.17, 15) is 4.79 Å². The molecule has 88 valence electrons. The first-order valence-electron chi connectivity index (χ1n) is 5.63. The van der Waals surface area contributed by atoms with Crippen molar-refractivity contribution in [2.45, 2.75) is 0 Å². The maximum Gasteiger partial charge on any atom is 0.331 e. The Labute approximate surface area is 104 Å². The summed E-state index contributed by atoms with van der Waals surface area (Å²) in [5.74, 6) is 0. The first-order chi connectivity index (χ1) is 8.84. The number of carbonyl (C=O) groups excluding carboxylic acids is 1. The van der Waals surface area contributed by atoms with Crippen molar-refractivity contribution in [3.05, 3.63) is 60.9 Å². The Balaban J connectivity index is 1.93. The SMILES string of the molecule is O=C(Nc1ccccc1)n1cnc2ccccc21. The molecule has 1 aromatic heterocycles. The second kappa shape index (κ2) is 4.33. The summed E-state index contributed by atoms with van der Waals surface area (Å²) in [4.78, 5) is 16.3. The number of nitrogens with one attached hydrogen (secondary N) is 1. The molecule has 0 bridgehead atoms. The van der Waals surface area contributed by atoms with E-state index in [0.717, 1.165) is 16.7 Å². The van der Waals surface area contributed by atoms with Crippen LogP contribution in [0.15, 0.2) is 60.9 Å². The average Bonchev–Trinajstić information content (AvgIpc) is 2.84. The van der Waals surface area contributed by atoms with Crippen molar-refractivity contribution in [1.82, 2.24) is 9.55 Å². The van der Waals surface area contributed by atoms with E-state index in [4.69, 9.17) is 0 Å². The highest BCUT2D eigenvalue weighted by Crippen LogP contribution is 2.13. The number of nitrogens with zero attached hydrogens (tertiary/aromatic N) is 2. The summed E-state index contributed by atoms with van der Waals surface area (Å²) in [6.45, 7) is 0. The van der Waals surface area contributed by atoms with Crippen molar-refractivity contribution in [1.29, 1.82) is 0 Å². The smallest absolute Gasteiger partial charge is 0.307 e. The van der Waals surface area contributed by atoms with Crippen LogP contribution in [0, 0.1) is 0 Å². The van der Waals surface area contributed by atoms with E-state index >= 15 is 0 Å². The normalized spacial score (nSPS) is 10.4. The molecule has 1 heterocycles. The van der Waals surface area contributed by atoms with E-state index in [1.165, 1.54) is 10.9 Å². The molecule has 0 radical (unpaired) electrons. The molecular formula is C14H11N3O. The fourth-order valence-electron chi connectivity index (χ4n) is 1.83. The molecule has 0 saturated carbocycles. The van der Waals surface area contributed by atoms with Gasteiger partial charge in [-0.1, -0.05) is 30.3 Å². The summed E-state index contributed by atoms with van der Waals surface area (Å²) in [5, 5.41) is 2.82. The summed E-state index contributed by atoms with van der Waals surface area (Å²) in [6, 6.07) is 16.7. The number of rotatable bonds is 1. The van der Waals surface area contributed by atoms with Crippen molar-refractivity contribution in [2.75, 3.05) is 5.32 Å². The van der Waals surface area contributed by atoms with Crippen LogP contribution in [-0.2, 0) is 0 Å². The fourth-order valence-corrected chi connectivity index (χ4v) is 1.83. The van der Waals surface area contributed by atoms with Gasteiger partial charge in [0, 0.05) is 5.69 Å². The highest BCUT2D eigenvalue weighted by atomic mass is 16.2. The number of aromatic nitrogens is 2. The van der Waals surface area contributed by atoms with Crippen LogP contribution < -0.4 is 5.32 Å². The van der Waals surface area contributed by atoms with Gasteiger partial charge >= 0.3 is 6.03 Å². The third-order valence-electron chi connectivity index (χ3n) is 2.70. The quantitative estimate of drug-likeness (QED) is 0.706. The second-order valence-electron chi connectivity index (χ2n) is 3.90. The molecule has 0 aliphatic rings. The Morgan fingerprint density at radius 3 is 2.56 bits per heavy atom. The lowest BCUT2D eigenvalue weighted by atomic mass is 10.3. The summed E-state index contributed by atoms with van der Waals surface area (Å²) in [6.07, 6.45) is 1.53. The Kier molecular flexibility index (Phi) is 2.53. The molecule has 0 atom stereocenters. The highest BCUT2D eigenvalue weighted by Gasteiger charge is 2.08. The minimum Gasteiger partial charge on any atom is -0.307 e. The van der Waals surface area contributed by atoms with Gasteiger partial charge in [0.15, 0.2) is 0 Å². The molecule has 2 aromatic carbocycles. The average molecular weight is 237 g/mol. The highest BCUT2D eigenvalue weighted by molar-refractivity contribution is 5.97. The molecule has 4 nitrogen and oxygen atoms in total. The molecule has 0 aliphatic carbocycles. The molecule has 0 fully saturated rings. The number of para-hydroxylation sites is 3. The van der Waals surface area contributed by atoms with Crippen LogP contribution in [0.5, 0.6) is 0 Å². The number of carbonyl (C=O) groups is 1. The lowest BCUT2D eigenvalue weighted by Crippen LogP contribution is -2.18. The zero-order valence-electron chi connectivity index (χ0n) is 9.58.